The van der Waals surface area contributed by atoms with E-state index in [0.29, 0.717) is 25.2 Å². The zero-order valence-electron chi connectivity index (χ0n) is 11.3. The lowest BCUT2D eigenvalue weighted by Gasteiger charge is -2.49. The van der Waals surface area contributed by atoms with Crippen molar-refractivity contribution in [3.63, 3.8) is 0 Å². The summed E-state index contributed by atoms with van der Waals surface area (Å²) in [7, 11) is 0. The Bertz CT molecular complexity index is 475. The van der Waals surface area contributed by atoms with Crippen LogP contribution in [0.1, 0.15) is 33.1 Å². The van der Waals surface area contributed by atoms with Gasteiger partial charge in [0.1, 0.15) is 11.4 Å². The summed E-state index contributed by atoms with van der Waals surface area (Å²) in [6.07, 6.45) is 3.61. The molecule has 0 aromatic carbocycles. The van der Waals surface area contributed by atoms with E-state index in [-0.39, 0.29) is 11.8 Å². The van der Waals surface area contributed by atoms with E-state index >= 15 is 0 Å². The fraction of sp³-hybridized carbons (Fsp3) is 0.500. The molecule has 1 atom stereocenters. The quantitative estimate of drug-likeness (QED) is 0.899. The molecule has 2 amide bonds. The van der Waals surface area contributed by atoms with Gasteiger partial charge >= 0.3 is 0 Å². The summed E-state index contributed by atoms with van der Waals surface area (Å²) in [6.45, 7) is 4.43. The summed E-state index contributed by atoms with van der Waals surface area (Å²) in [4.78, 5) is 29.9. The average Bonchev–Trinajstić information content (AvgIpc) is 2.38. The lowest BCUT2D eigenvalue weighted by Crippen LogP contribution is -2.66. The predicted molar refractivity (Wildman–Crippen MR) is 72.5 cm³/mol. The van der Waals surface area contributed by atoms with Gasteiger partial charge in [0.05, 0.1) is 0 Å². The monoisotopic (exact) mass is 261 g/mol. The second-order valence-corrected chi connectivity index (χ2v) is 4.99. The Hall–Kier alpha value is -1.91. The van der Waals surface area contributed by atoms with E-state index in [2.05, 4.69) is 10.3 Å². The lowest BCUT2D eigenvalue weighted by atomic mass is 9.85. The molecule has 2 rings (SSSR count). The minimum Gasteiger partial charge on any atom is -0.328 e. The first-order valence-corrected chi connectivity index (χ1v) is 6.61. The minimum atomic E-state index is -0.732. The Morgan fingerprint density at radius 1 is 1.47 bits per heavy atom. The number of nitrogens with zero attached hydrogens (tertiary/aromatic N) is 2. The largest absolute Gasteiger partial charge is 0.328 e. The van der Waals surface area contributed by atoms with E-state index in [1.165, 1.54) is 0 Å². The molecular formula is C14H19N3O2. The molecule has 0 spiro atoms. The summed E-state index contributed by atoms with van der Waals surface area (Å²) >= 11 is 0. The van der Waals surface area contributed by atoms with Crippen LogP contribution in [0.25, 0.3) is 0 Å². The Kier molecular flexibility index (Phi) is 3.83. The molecule has 1 unspecified atom stereocenters. The molecule has 1 saturated heterocycles. The fourth-order valence-electron chi connectivity index (χ4n) is 2.23. The summed E-state index contributed by atoms with van der Waals surface area (Å²) in [5.74, 6) is 0.401. The highest BCUT2D eigenvalue weighted by Gasteiger charge is 2.49. The van der Waals surface area contributed by atoms with Crippen molar-refractivity contribution in [2.45, 2.75) is 38.6 Å². The number of amides is 2. The minimum absolute atomic E-state index is 0.0485. The molecule has 1 aromatic heterocycles. The van der Waals surface area contributed by atoms with Crippen LogP contribution in [-0.4, -0.2) is 33.8 Å². The zero-order valence-corrected chi connectivity index (χ0v) is 11.3. The van der Waals surface area contributed by atoms with Crippen molar-refractivity contribution >= 4 is 17.6 Å². The van der Waals surface area contributed by atoms with Crippen LogP contribution in [0.5, 0.6) is 0 Å². The smallest absolute Gasteiger partial charge is 0.251 e. The van der Waals surface area contributed by atoms with Crippen molar-refractivity contribution in [1.29, 1.82) is 0 Å². The first kappa shape index (κ1) is 13.5. The van der Waals surface area contributed by atoms with E-state index in [9.17, 15) is 9.59 Å². The van der Waals surface area contributed by atoms with E-state index in [0.717, 1.165) is 6.42 Å². The van der Waals surface area contributed by atoms with Crippen molar-refractivity contribution in [3.05, 3.63) is 24.4 Å². The van der Waals surface area contributed by atoms with E-state index in [1.807, 2.05) is 19.9 Å². The maximum atomic E-state index is 12.3. The van der Waals surface area contributed by atoms with Gasteiger partial charge in [0, 0.05) is 19.2 Å². The molecular weight excluding hydrogens is 242 g/mol. The molecule has 1 N–H and O–H groups in total. The Labute approximate surface area is 113 Å². The number of carbonyl (C=O) groups is 2. The number of aromatic nitrogens is 1. The molecule has 1 aliphatic heterocycles. The number of anilines is 1. The third-order valence-corrected chi connectivity index (χ3v) is 3.58. The first-order chi connectivity index (χ1) is 9.08. The Balaban J connectivity index is 2.04. The third kappa shape index (κ3) is 2.59. The van der Waals surface area contributed by atoms with E-state index in [1.54, 1.807) is 23.2 Å². The van der Waals surface area contributed by atoms with Crippen LogP contribution < -0.4 is 5.32 Å². The third-order valence-electron chi connectivity index (χ3n) is 3.58. The highest BCUT2D eigenvalue weighted by atomic mass is 16.2. The van der Waals surface area contributed by atoms with E-state index in [4.69, 9.17) is 0 Å². The van der Waals surface area contributed by atoms with Crippen molar-refractivity contribution in [2.75, 3.05) is 11.9 Å². The predicted octanol–water partition coefficient (Wildman–Crippen LogP) is 1.81. The molecule has 5 heteroatoms. The molecule has 0 bridgehead atoms. The molecule has 0 saturated carbocycles. The number of pyridine rings is 1. The van der Waals surface area contributed by atoms with E-state index < -0.39 is 5.54 Å². The van der Waals surface area contributed by atoms with Crippen LogP contribution in [0.2, 0.25) is 0 Å². The maximum Gasteiger partial charge on any atom is 0.251 e. The molecule has 2 heterocycles. The van der Waals surface area contributed by atoms with Gasteiger partial charge < -0.3 is 10.2 Å². The van der Waals surface area contributed by atoms with Crippen molar-refractivity contribution in [1.82, 2.24) is 9.88 Å². The van der Waals surface area contributed by atoms with Gasteiger partial charge in [0.25, 0.3) is 5.91 Å². The first-order valence-electron chi connectivity index (χ1n) is 6.61. The molecule has 19 heavy (non-hydrogen) atoms. The van der Waals surface area contributed by atoms with Gasteiger partial charge in [-0.1, -0.05) is 13.0 Å². The number of nitrogens with one attached hydrogen (secondary N) is 1. The number of hydrogen-bond donors (Lipinski definition) is 1. The zero-order chi connectivity index (χ0) is 13.9. The Morgan fingerprint density at radius 3 is 2.79 bits per heavy atom. The number of rotatable bonds is 4. The Morgan fingerprint density at radius 2 is 2.26 bits per heavy atom. The second-order valence-electron chi connectivity index (χ2n) is 4.99. The number of carbonyl (C=O) groups excluding carboxylic acids is 2. The van der Waals surface area contributed by atoms with Crippen molar-refractivity contribution in [2.24, 2.45) is 0 Å². The molecule has 1 fully saturated rings. The summed E-state index contributed by atoms with van der Waals surface area (Å²) in [5, 5.41) is 2.77. The molecule has 1 aliphatic rings. The number of hydrogen-bond acceptors (Lipinski definition) is 3. The van der Waals surface area contributed by atoms with Gasteiger partial charge in [0.15, 0.2) is 0 Å². The van der Waals surface area contributed by atoms with Gasteiger partial charge in [-0.3, -0.25) is 9.59 Å². The maximum absolute atomic E-state index is 12.3. The standard InChI is InChI=1S/C14H19N3O2/c1-3-6-12(18)17-10-8-14(17,2)13(19)16-11-7-4-5-9-15-11/h4-5,7,9H,3,6,8,10H2,1-2H3,(H,15,16,19). The van der Waals surface area contributed by atoms with Crippen LogP contribution in [-0.2, 0) is 9.59 Å². The SMILES string of the molecule is CCCC(=O)N1CCC1(C)C(=O)Nc1ccccn1. The molecule has 0 aliphatic carbocycles. The molecule has 5 nitrogen and oxygen atoms in total. The highest BCUT2D eigenvalue weighted by molar-refractivity contribution is 6.00. The van der Waals surface area contributed by atoms with Gasteiger partial charge in [-0.15, -0.1) is 0 Å². The topological polar surface area (TPSA) is 62.3 Å². The fourth-order valence-corrected chi connectivity index (χ4v) is 2.23. The molecule has 0 radical (unpaired) electrons. The molecule has 102 valence electrons. The van der Waals surface area contributed by atoms with Gasteiger partial charge in [0.2, 0.25) is 5.91 Å². The van der Waals surface area contributed by atoms with Crippen LogP contribution in [0.4, 0.5) is 5.82 Å². The second kappa shape index (κ2) is 5.38. The summed E-state index contributed by atoms with van der Waals surface area (Å²) in [6, 6.07) is 5.33. The van der Waals surface area contributed by atoms with Crippen molar-refractivity contribution in [3.8, 4) is 0 Å². The van der Waals surface area contributed by atoms with Gasteiger partial charge in [-0.05, 0) is 31.9 Å². The lowest BCUT2D eigenvalue weighted by molar-refractivity contribution is -0.154. The highest BCUT2D eigenvalue weighted by Crippen LogP contribution is 2.32. The van der Waals surface area contributed by atoms with Crippen LogP contribution >= 0.6 is 0 Å². The van der Waals surface area contributed by atoms with Gasteiger partial charge in [-0.2, -0.15) is 0 Å². The summed E-state index contributed by atoms with van der Waals surface area (Å²) in [5.41, 5.74) is -0.732. The van der Waals surface area contributed by atoms with Crippen LogP contribution in [0.15, 0.2) is 24.4 Å². The number of likely N-dealkylation sites (tertiary alicyclic amines) is 1. The van der Waals surface area contributed by atoms with Crippen LogP contribution in [0, 0.1) is 0 Å². The van der Waals surface area contributed by atoms with Crippen molar-refractivity contribution < 1.29 is 9.59 Å². The average molecular weight is 261 g/mol. The van der Waals surface area contributed by atoms with Gasteiger partial charge in [-0.25, -0.2) is 4.98 Å². The normalized spacial score (nSPS) is 21.7. The molecule has 1 aromatic rings. The van der Waals surface area contributed by atoms with Crippen LogP contribution in [0.3, 0.4) is 0 Å². The summed E-state index contributed by atoms with van der Waals surface area (Å²) < 4.78 is 0.